The summed E-state index contributed by atoms with van der Waals surface area (Å²) in [7, 11) is 0. The van der Waals surface area contributed by atoms with E-state index >= 15 is 0 Å². The molecule has 1 aromatic carbocycles. The average molecular weight is 403 g/mol. The van der Waals surface area contributed by atoms with Crippen LogP contribution in [0.4, 0.5) is 0 Å². The molecule has 19 heavy (non-hydrogen) atoms. The highest BCUT2D eigenvalue weighted by atomic mass is 79.9. The van der Waals surface area contributed by atoms with E-state index in [9.17, 15) is 0 Å². The topological polar surface area (TPSA) is 12.0 Å². The van der Waals surface area contributed by atoms with Gasteiger partial charge in [0, 0.05) is 21.4 Å². The molecule has 4 heteroatoms. The van der Waals surface area contributed by atoms with Gasteiger partial charge in [-0.1, -0.05) is 28.1 Å². The molecule has 1 aromatic heterocycles. The highest BCUT2D eigenvalue weighted by Crippen LogP contribution is 2.27. The molecule has 0 aliphatic heterocycles. The third kappa shape index (κ3) is 4.71. The Morgan fingerprint density at radius 1 is 1.05 bits per heavy atom. The van der Waals surface area contributed by atoms with Crippen molar-refractivity contribution in [2.75, 3.05) is 0 Å². The maximum atomic E-state index is 3.65. The molecule has 1 heterocycles. The summed E-state index contributed by atoms with van der Waals surface area (Å²) < 4.78 is 2.32. The van der Waals surface area contributed by atoms with Crippen LogP contribution < -0.4 is 5.32 Å². The van der Waals surface area contributed by atoms with Gasteiger partial charge in [-0.25, -0.2) is 0 Å². The lowest BCUT2D eigenvalue weighted by atomic mass is 10.1. The van der Waals surface area contributed by atoms with Gasteiger partial charge >= 0.3 is 0 Å². The quantitative estimate of drug-likeness (QED) is 0.690. The van der Waals surface area contributed by atoms with E-state index < -0.39 is 0 Å². The summed E-state index contributed by atoms with van der Waals surface area (Å²) >= 11 is 8.77. The number of halogens is 2. The molecule has 2 atom stereocenters. The number of hydrogen-bond acceptors (Lipinski definition) is 2. The third-order valence-corrected chi connectivity index (χ3v) is 5.35. The summed E-state index contributed by atoms with van der Waals surface area (Å²) in [5.41, 5.74) is 1.36. The molecular weight excluding hydrogens is 386 g/mol. The minimum Gasteiger partial charge on any atom is -0.307 e. The van der Waals surface area contributed by atoms with Crippen LogP contribution in [0.25, 0.3) is 0 Å². The minimum absolute atomic E-state index is 0.391. The van der Waals surface area contributed by atoms with Gasteiger partial charge in [-0.05, 0) is 66.0 Å². The fraction of sp³-hybridized carbons (Fsp3) is 0.333. The Hall–Kier alpha value is -0.160. The molecular formula is C15H17Br2NS. The summed E-state index contributed by atoms with van der Waals surface area (Å²) in [5, 5.41) is 3.65. The number of benzene rings is 1. The summed E-state index contributed by atoms with van der Waals surface area (Å²) in [5.74, 6) is 0. The number of hydrogen-bond donors (Lipinski definition) is 1. The first-order valence-corrected chi connectivity index (χ1v) is 8.70. The van der Waals surface area contributed by atoms with Crippen molar-refractivity contribution in [1.29, 1.82) is 0 Å². The van der Waals surface area contributed by atoms with E-state index in [0.29, 0.717) is 12.1 Å². The van der Waals surface area contributed by atoms with Gasteiger partial charge in [-0.3, -0.25) is 0 Å². The van der Waals surface area contributed by atoms with Crippen molar-refractivity contribution in [3.8, 4) is 0 Å². The van der Waals surface area contributed by atoms with Crippen molar-refractivity contribution in [2.45, 2.75) is 32.4 Å². The maximum Gasteiger partial charge on any atom is 0.0701 e. The van der Waals surface area contributed by atoms with Crippen LogP contribution in [-0.4, -0.2) is 6.04 Å². The van der Waals surface area contributed by atoms with E-state index in [2.05, 4.69) is 87.4 Å². The van der Waals surface area contributed by atoms with Crippen molar-refractivity contribution in [2.24, 2.45) is 0 Å². The Morgan fingerprint density at radius 2 is 1.74 bits per heavy atom. The van der Waals surface area contributed by atoms with Crippen LogP contribution in [0.5, 0.6) is 0 Å². The van der Waals surface area contributed by atoms with E-state index in [1.165, 1.54) is 14.2 Å². The molecule has 1 nitrogen and oxygen atoms in total. The molecule has 0 amide bonds. The second kappa shape index (κ2) is 7.02. The number of nitrogens with one attached hydrogen (secondary N) is 1. The average Bonchev–Trinajstić information content (AvgIpc) is 2.79. The van der Waals surface area contributed by atoms with Crippen LogP contribution in [-0.2, 0) is 6.42 Å². The lowest BCUT2D eigenvalue weighted by Crippen LogP contribution is -2.30. The van der Waals surface area contributed by atoms with Crippen molar-refractivity contribution in [3.05, 3.63) is 55.1 Å². The molecule has 0 aliphatic carbocycles. The second-order valence-corrected chi connectivity index (χ2v) is 8.17. The zero-order chi connectivity index (χ0) is 13.8. The van der Waals surface area contributed by atoms with Crippen molar-refractivity contribution in [1.82, 2.24) is 5.32 Å². The highest BCUT2D eigenvalue weighted by Gasteiger charge is 2.11. The van der Waals surface area contributed by atoms with E-state index in [0.717, 1.165) is 10.9 Å². The normalized spacial score (nSPS) is 14.3. The van der Waals surface area contributed by atoms with Gasteiger partial charge < -0.3 is 5.32 Å². The van der Waals surface area contributed by atoms with Crippen LogP contribution in [0.2, 0.25) is 0 Å². The molecule has 0 spiro atoms. The molecule has 2 aromatic rings. The fourth-order valence-electron chi connectivity index (χ4n) is 2.10. The maximum absolute atomic E-state index is 3.65. The minimum atomic E-state index is 0.391. The van der Waals surface area contributed by atoms with E-state index in [1.54, 1.807) is 11.3 Å². The highest BCUT2D eigenvalue weighted by molar-refractivity contribution is 9.11. The molecule has 2 rings (SSSR count). The molecule has 102 valence electrons. The van der Waals surface area contributed by atoms with Gasteiger partial charge in [0.05, 0.1) is 3.79 Å². The SMILES string of the molecule is CC(Cc1ccc(Br)cc1)NC(C)c1ccc(Br)s1. The Bertz CT molecular complexity index is 521. The summed E-state index contributed by atoms with van der Waals surface area (Å²) in [6, 6.07) is 13.7. The van der Waals surface area contributed by atoms with Crippen molar-refractivity contribution < 1.29 is 0 Å². The molecule has 0 bridgehead atoms. The number of thiophene rings is 1. The summed E-state index contributed by atoms with van der Waals surface area (Å²) in [4.78, 5) is 1.37. The predicted octanol–water partition coefficient (Wildman–Crippen LogP) is 5.55. The van der Waals surface area contributed by atoms with Crippen LogP contribution in [0, 0.1) is 0 Å². The van der Waals surface area contributed by atoms with E-state index in [-0.39, 0.29) is 0 Å². The van der Waals surface area contributed by atoms with Crippen molar-refractivity contribution in [3.63, 3.8) is 0 Å². The molecule has 1 N–H and O–H groups in total. The van der Waals surface area contributed by atoms with Gasteiger partial charge in [0.25, 0.3) is 0 Å². The molecule has 0 saturated carbocycles. The lowest BCUT2D eigenvalue weighted by molar-refractivity contribution is 0.482. The fourth-order valence-corrected chi connectivity index (χ4v) is 3.80. The summed E-state index contributed by atoms with van der Waals surface area (Å²) in [6.45, 7) is 4.46. The molecule has 0 fully saturated rings. The van der Waals surface area contributed by atoms with Crippen LogP contribution >= 0.6 is 43.2 Å². The Kier molecular flexibility index (Phi) is 5.63. The number of rotatable bonds is 5. The standard InChI is InChI=1S/C15H17Br2NS/c1-10(9-12-3-5-13(16)6-4-12)18-11(2)14-7-8-15(17)19-14/h3-8,10-11,18H,9H2,1-2H3. The zero-order valence-corrected chi connectivity index (χ0v) is 15.0. The second-order valence-electron chi connectivity index (χ2n) is 4.76. The van der Waals surface area contributed by atoms with E-state index in [1.807, 2.05) is 0 Å². The van der Waals surface area contributed by atoms with Crippen molar-refractivity contribution >= 4 is 43.2 Å². The third-order valence-electron chi connectivity index (χ3n) is 3.01. The first kappa shape index (κ1) is 15.2. The smallest absolute Gasteiger partial charge is 0.0701 e. The molecule has 0 saturated heterocycles. The first-order chi connectivity index (χ1) is 9.04. The largest absolute Gasteiger partial charge is 0.307 e. The molecule has 0 radical (unpaired) electrons. The van der Waals surface area contributed by atoms with Gasteiger partial charge in [-0.2, -0.15) is 0 Å². The van der Waals surface area contributed by atoms with Gasteiger partial charge in [0.2, 0.25) is 0 Å². The Balaban J connectivity index is 1.90. The monoisotopic (exact) mass is 401 g/mol. The predicted molar refractivity (Wildman–Crippen MR) is 90.9 cm³/mol. The van der Waals surface area contributed by atoms with E-state index in [4.69, 9.17) is 0 Å². The van der Waals surface area contributed by atoms with Crippen LogP contribution in [0.1, 0.15) is 30.3 Å². The first-order valence-electron chi connectivity index (χ1n) is 6.30. The van der Waals surface area contributed by atoms with Crippen LogP contribution in [0.15, 0.2) is 44.7 Å². The van der Waals surface area contributed by atoms with Gasteiger partial charge in [-0.15, -0.1) is 11.3 Å². The molecule has 0 aliphatic rings. The van der Waals surface area contributed by atoms with Gasteiger partial charge in [0.1, 0.15) is 0 Å². The Morgan fingerprint density at radius 3 is 2.32 bits per heavy atom. The Labute approximate surface area is 135 Å². The molecule has 2 unspecified atom stereocenters. The lowest BCUT2D eigenvalue weighted by Gasteiger charge is -2.19. The van der Waals surface area contributed by atoms with Gasteiger partial charge in [0.15, 0.2) is 0 Å². The zero-order valence-electron chi connectivity index (χ0n) is 11.0. The summed E-state index contributed by atoms with van der Waals surface area (Å²) in [6.07, 6.45) is 1.05. The van der Waals surface area contributed by atoms with Crippen LogP contribution in [0.3, 0.4) is 0 Å².